The number of aliphatic hydroxyl groups is 1. The summed E-state index contributed by atoms with van der Waals surface area (Å²) < 4.78 is 11.6. The van der Waals surface area contributed by atoms with E-state index in [0.29, 0.717) is 13.2 Å². The highest BCUT2D eigenvalue weighted by Gasteiger charge is 2.38. The Morgan fingerprint density at radius 3 is 2.15 bits per heavy atom. The molecule has 1 aliphatic heterocycles. The van der Waals surface area contributed by atoms with Crippen LogP contribution in [-0.4, -0.2) is 53.1 Å². The minimum absolute atomic E-state index is 0.151. The van der Waals surface area contributed by atoms with Crippen LogP contribution in [0.15, 0.2) is 60.7 Å². The lowest BCUT2D eigenvalue weighted by Crippen LogP contribution is -2.56. The molecule has 0 aliphatic carbocycles. The number of ether oxygens (including phenoxy) is 2. The number of aliphatic hydroxyl groups excluding tert-OH is 1. The first kappa shape index (κ1) is 19.4. The minimum Gasteiger partial charge on any atom is -0.465 e. The minimum atomic E-state index is -1.01. The van der Waals surface area contributed by atoms with Crippen LogP contribution in [-0.2, 0) is 22.7 Å². The fourth-order valence-corrected chi connectivity index (χ4v) is 3.23. The molecule has 1 aliphatic rings. The SMILES string of the molecule is O=C(O)N1CC(COCc2ccccc2)C(O)C(OCc2ccccc2)C1. The van der Waals surface area contributed by atoms with Crippen molar-refractivity contribution in [1.29, 1.82) is 0 Å². The quantitative estimate of drug-likeness (QED) is 0.782. The molecule has 3 atom stereocenters. The highest BCUT2D eigenvalue weighted by molar-refractivity contribution is 5.65. The van der Waals surface area contributed by atoms with Gasteiger partial charge in [0.15, 0.2) is 0 Å². The zero-order chi connectivity index (χ0) is 19.1. The average molecular weight is 371 g/mol. The molecule has 1 amide bonds. The Morgan fingerprint density at radius 1 is 0.963 bits per heavy atom. The molecule has 2 N–H and O–H groups in total. The van der Waals surface area contributed by atoms with Crippen molar-refractivity contribution in [3.8, 4) is 0 Å². The van der Waals surface area contributed by atoms with Crippen molar-refractivity contribution in [2.24, 2.45) is 5.92 Å². The molecule has 1 heterocycles. The maximum Gasteiger partial charge on any atom is 0.407 e. The lowest BCUT2D eigenvalue weighted by atomic mass is 9.93. The summed E-state index contributed by atoms with van der Waals surface area (Å²) in [5.41, 5.74) is 2.02. The number of nitrogens with zero attached hydrogens (tertiary/aromatic N) is 1. The smallest absolute Gasteiger partial charge is 0.407 e. The molecule has 144 valence electrons. The van der Waals surface area contributed by atoms with Gasteiger partial charge in [-0.25, -0.2) is 4.79 Å². The number of piperidine rings is 1. The maximum atomic E-state index is 11.5. The second kappa shape index (κ2) is 9.50. The standard InChI is InChI=1S/C21H25NO5/c23-20-18(15-26-13-16-7-3-1-4-8-16)11-22(21(24)25)12-19(20)27-14-17-9-5-2-6-10-17/h1-10,18-20,23H,11-15H2,(H,24,25). The van der Waals surface area contributed by atoms with Crippen LogP contribution < -0.4 is 0 Å². The summed E-state index contributed by atoms with van der Waals surface area (Å²) in [4.78, 5) is 12.8. The predicted octanol–water partition coefficient (Wildman–Crippen LogP) is 2.76. The number of amides is 1. The first-order valence-electron chi connectivity index (χ1n) is 9.06. The molecule has 1 fully saturated rings. The van der Waals surface area contributed by atoms with E-state index in [0.717, 1.165) is 11.1 Å². The number of carboxylic acid groups (broad SMARTS) is 1. The van der Waals surface area contributed by atoms with Gasteiger partial charge in [0, 0.05) is 12.5 Å². The average Bonchev–Trinajstić information content (AvgIpc) is 2.69. The number of carbonyl (C=O) groups is 1. The summed E-state index contributed by atoms with van der Waals surface area (Å²) in [7, 11) is 0. The van der Waals surface area contributed by atoms with E-state index < -0.39 is 18.3 Å². The third-order valence-electron chi connectivity index (χ3n) is 4.74. The molecular formula is C21H25NO5. The van der Waals surface area contributed by atoms with E-state index in [2.05, 4.69) is 0 Å². The number of rotatable bonds is 7. The first-order chi connectivity index (χ1) is 13.1. The van der Waals surface area contributed by atoms with Gasteiger partial charge >= 0.3 is 6.09 Å². The fourth-order valence-electron chi connectivity index (χ4n) is 3.23. The maximum absolute atomic E-state index is 11.5. The van der Waals surface area contributed by atoms with E-state index in [1.807, 2.05) is 60.7 Å². The van der Waals surface area contributed by atoms with E-state index in [1.54, 1.807) is 0 Å². The monoisotopic (exact) mass is 371 g/mol. The molecule has 0 spiro atoms. The predicted molar refractivity (Wildman–Crippen MR) is 100 cm³/mol. The van der Waals surface area contributed by atoms with E-state index >= 15 is 0 Å². The van der Waals surface area contributed by atoms with Crippen LogP contribution in [0.2, 0.25) is 0 Å². The van der Waals surface area contributed by atoms with E-state index in [4.69, 9.17) is 9.47 Å². The van der Waals surface area contributed by atoms with Gasteiger partial charge in [-0.05, 0) is 11.1 Å². The van der Waals surface area contributed by atoms with Gasteiger partial charge in [0.2, 0.25) is 0 Å². The van der Waals surface area contributed by atoms with Crippen molar-refractivity contribution in [3.05, 3.63) is 71.8 Å². The van der Waals surface area contributed by atoms with Gasteiger partial charge in [0.1, 0.15) is 6.10 Å². The Bertz CT molecular complexity index is 709. The molecule has 2 aromatic carbocycles. The van der Waals surface area contributed by atoms with E-state index in [1.165, 1.54) is 4.90 Å². The van der Waals surface area contributed by atoms with E-state index in [-0.39, 0.29) is 25.6 Å². The van der Waals surface area contributed by atoms with Crippen LogP contribution >= 0.6 is 0 Å². The summed E-state index contributed by atoms with van der Waals surface area (Å²) in [6, 6.07) is 19.4. The van der Waals surface area contributed by atoms with Crippen molar-refractivity contribution in [2.75, 3.05) is 19.7 Å². The van der Waals surface area contributed by atoms with Gasteiger partial charge in [0.05, 0.1) is 32.5 Å². The molecule has 0 saturated carbocycles. The van der Waals surface area contributed by atoms with Gasteiger partial charge < -0.3 is 24.6 Å². The summed E-state index contributed by atoms with van der Waals surface area (Å²) in [5.74, 6) is -0.334. The molecule has 3 unspecified atom stereocenters. The van der Waals surface area contributed by atoms with Gasteiger partial charge in [-0.2, -0.15) is 0 Å². The number of likely N-dealkylation sites (tertiary alicyclic amines) is 1. The molecule has 3 rings (SSSR count). The normalized spacial score (nSPS) is 22.6. The second-order valence-electron chi connectivity index (χ2n) is 6.77. The molecular weight excluding hydrogens is 346 g/mol. The number of hydrogen-bond acceptors (Lipinski definition) is 4. The Kier molecular flexibility index (Phi) is 6.81. The Balaban J connectivity index is 1.57. The number of benzene rings is 2. The lowest BCUT2D eigenvalue weighted by Gasteiger charge is -2.39. The topological polar surface area (TPSA) is 79.2 Å². The summed E-state index contributed by atoms with van der Waals surface area (Å²) >= 11 is 0. The van der Waals surface area contributed by atoms with Crippen molar-refractivity contribution >= 4 is 6.09 Å². The fraction of sp³-hybridized carbons (Fsp3) is 0.381. The zero-order valence-electron chi connectivity index (χ0n) is 15.1. The first-order valence-corrected chi connectivity index (χ1v) is 9.06. The molecule has 0 aromatic heterocycles. The Hall–Kier alpha value is -2.41. The molecule has 0 radical (unpaired) electrons. The molecule has 27 heavy (non-hydrogen) atoms. The largest absolute Gasteiger partial charge is 0.465 e. The highest BCUT2D eigenvalue weighted by atomic mass is 16.5. The van der Waals surface area contributed by atoms with Crippen LogP contribution in [0, 0.1) is 5.92 Å². The molecule has 6 nitrogen and oxygen atoms in total. The van der Waals surface area contributed by atoms with Crippen molar-refractivity contribution in [1.82, 2.24) is 4.90 Å². The molecule has 1 saturated heterocycles. The van der Waals surface area contributed by atoms with Gasteiger partial charge in [0.25, 0.3) is 0 Å². The Morgan fingerprint density at radius 2 is 1.56 bits per heavy atom. The highest BCUT2D eigenvalue weighted by Crippen LogP contribution is 2.22. The van der Waals surface area contributed by atoms with Gasteiger partial charge in [-0.1, -0.05) is 60.7 Å². The van der Waals surface area contributed by atoms with Crippen LogP contribution in [0.25, 0.3) is 0 Å². The summed E-state index contributed by atoms with van der Waals surface area (Å²) in [6.07, 6.45) is -2.37. The zero-order valence-corrected chi connectivity index (χ0v) is 15.1. The molecule has 6 heteroatoms. The molecule has 2 aromatic rings. The van der Waals surface area contributed by atoms with Crippen molar-refractivity contribution in [2.45, 2.75) is 25.4 Å². The van der Waals surface area contributed by atoms with Crippen LogP contribution in [0.4, 0.5) is 4.79 Å². The van der Waals surface area contributed by atoms with Gasteiger partial charge in [-0.3, -0.25) is 0 Å². The second-order valence-corrected chi connectivity index (χ2v) is 6.77. The lowest BCUT2D eigenvalue weighted by molar-refractivity contribution is -0.121. The third kappa shape index (κ3) is 5.53. The van der Waals surface area contributed by atoms with Crippen LogP contribution in [0.3, 0.4) is 0 Å². The molecule has 0 bridgehead atoms. The van der Waals surface area contributed by atoms with Crippen LogP contribution in [0.5, 0.6) is 0 Å². The third-order valence-corrected chi connectivity index (χ3v) is 4.74. The van der Waals surface area contributed by atoms with Crippen LogP contribution in [0.1, 0.15) is 11.1 Å². The van der Waals surface area contributed by atoms with Crippen molar-refractivity contribution in [3.63, 3.8) is 0 Å². The van der Waals surface area contributed by atoms with Gasteiger partial charge in [-0.15, -0.1) is 0 Å². The summed E-state index contributed by atoms with van der Waals surface area (Å²) in [5, 5.41) is 20.1. The van der Waals surface area contributed by atoms with Crippen molar-refractivity contribution < 1.29 is 24.5 Å². The number of hydrogen-bond donors (Lipinski definition) is 2. The van der Waals surface area contributed by atoms with E-state index in [9.17, 15) is 15.0 Å². The summed E-state index contributed by atoms with van der Waals surface area (Å²) in [6.45, 7) is 1.40. The Labute approximate surface area is 159 Å².